The van der Waals surface area contributed by atoms with Gasteiger partial charge in [-0.3, -0.25) is 33.8 Å². The Morgan fingerprint density at radius 1 is 0.644 bits per heavy atom. The van der Waals surface area contributed by atoms with E-state index in [1.54, 1.807) is 91.0 Å². The summed E-state index contributed by atoms with van der Waals surface area (Å²) in [5, 5.41) is 22.9. The van der Waals surface area contributed by atoms with Crippen LogP contribution >= 0.6 is 0 Å². The van der Waals surface area contributed by atoms with Gasteiger partial charge in [0.05, 0.1) is 25.6 Å². The van der Waals surface area contributed by atoms with Crippen molar-refractivity contribution in [1.82, 2.24) is 26.6 Å². The Morgan fingerprint density at radius 3 is 1.61 bits per heavy atom. The molecule has 0 saturated heterocycles. The van der Waals surface area contributed by atoms with Crippen molar-refractivity contribution in [3.05, 3.63) is 120 Å². The predicted molar refractivity (Wildman–Crippen MR) is 219 cm³/mol. The smallest absolute Gasteiger partial charge is 0.245 e. The summed E-state index contributed by atoms with van der Waals surface area (Å²) >= 11 is 0. The van der Waals surface area contributed by atoms with Crippen LogP contribution in [-0.4, -0.2) is 96.9 Å². The molecule has 59 heavy (non-hydrogen) atoms. The summed E-state index contributed by atoms with van der Waals surface area (Å²) in [4.78, 5) is 83.0. The van der Waals surface area contributed by atoms with E-state index in [4.69, 9.17) is 22.9 Å². The van der Waals surface area contributed by atoms with Gasteiger partial charge in [-0.25, -0.2) is 4.39 Å². The number of aliphatic hydroxyl groups is 1. The van der Waals surface area contributed by atoms with Crippen LogP contribution in [0.3, 0.4) is 0 Å². The molecule has 0 saturated carbocycles. The monoisotopic (exact) mass is 816 g/mol. The Labute approximate surface area is 341 Å². The molecule has 18 heteroatoms. The van der Waals surface area contributed by atoms with E-state index in [2.05, 4.69) is 31.6 Å². The molecule has 5 atom stereocenters. The largest absolute Gasteiger partial charge is 0.394 e. The fourth-order valence-corrected chi connectivity index (χ4v) is 5.82. The fourth-order valence-electron chi connectivity index (χ4n) is 5.82. The summed E-state index contributed by atoms with van der Waals surface area (Å²) in [5.74, 6) is -6.95. The van der Waals surface area contributed by atoms with Crippen LogP contribution in [0.15, 0.2) is 108 Å². The third kappa shape index (κ3) is 17.2. The van der Waals surface area contributed by atoms with Crippen molar-refractivity contribution >= 4 is 41.4 Å². The molecule has 6 amide bonds. The van der Waals surface area contributed by atoms with E-state index < -0.39 is 84.5 Å². The quantitative estimate of drug-likeness (QED) is 0.0291. The normalized spacial score (nSPS) is 13.6. The van der Waals surface area contributed by atoms with Gasteiger partial charge < -0.3 is 54.6 Å². The SMILES string of the molecule is NCC(=O)NC/C(F)=C/[C@@H](Cc1ccccc1)C(=O)N[C@@H](CO)C(=O)N[C@@H](Cc1ccccc1)C(=O)N[C@@H](CCCN=C(N)N)C(=O)N[C@@H](Cc1ccccc1)C(N)=O. The minimum Gasteiger partial charge on any atom is -0.394 e. The molecule has 3 aromatic rings. The standard InChI is InChI=1S/C41H53FN10O7/c42-30(24-48-35(54)23-43)22-29(19-26-11-4-1-5-12-26)37(56)52-34(25-53)40(59)51-33(21-28-15-8-3-9-16-28)39(58)49-31(17-10-18-47-41(45)46)38(57)50-32(36(44)55)20-27-13-6-2-7-14-27/h1-9,11-16,22,29,31-34,53H,10,17-21,23-25,43H2,(H2,44,55)(H,48,54)(H,49,58)(H,50,57)(H,51,59)(H,52,56)(H4,45,46,47)/b30-22-/t29-,31+,32+,33+,34+/m1/s1. The molecule has 0 fully saturated rings. The van der Waals surface area contributed by atoms with Crippen molar-refractivity contribution < 1.29 is 38.3 Å². The van der Waals surface area contributed by atoms with E-state index in [-0.39, 0.29) is 51.2 Å². The van der Waals surface area contributed by atoms with Gasteiger partial charge in [0.15, 0.2) is 5.96 Å². The number of nitrogens with one attached hydrogen (secondary N) is 5. The fraction of sp³-hybridized carbons (Fsp3) is 0.341. The Kier molecular flexibility index (Phi) is 19.7. The molecule has 0 aromatic heterocycles. The molecule has 0 aliphatic rings. The summed E-state index contributed by atoms with van der Waals surface area (Å²) in [7, 11) is 0. The molecule has 316 valence electrons. The van der Waals surface area contributed by atoms with Crippen molar-refractivity contribution in [2.45, 2.75) is 56.3 Å². The second-order valence-corrected chi connectivity index (χ2v) is 13.5. The molecule has 17 nitrogen and oxygen atoms in total. The third-order valence-corrected chi connectivity index (χ3v) is 8.91. The molecule has 0 bridgehead atoms. The number of carbonyl (C=O) groups excluding carboxylic acids is 6. The van der Waals surface area contributed by atoms with Crippen LogP contribution in [0.25, 0.3) is 0 Å². The van der Waals surface area contributed by atoms with Crippen molar-refractivity contribution in [3.63, 3.8) is 0 Å². The van der Waals surface area contributed by atoms with Gasteiger partial charge >= 0.3 is 0 Å². The topological polar surface area (TPSA) is 299 Å². The first-order valence-electron chi connectivity index (χ1n) is 18.9. The molecule has 3 aromatic carbocycles. The lowest BCUT2D eigenvalue weighted by Crippen LogP contribution is -2.59. The Morgan fingerprint density at radius 2 is 1.10 bits per heavy atom. The summed E-state index contributed by atoms with van der Waals surface area (Å²) in [6.07, 6.45) is 1.23. The maximum Gasteiger partial charge on any atom is 0.245 e. The molecule has 0 aliphatic carbocycles. The van der Waals surface area contributed by atoms with E-state index in [0.717, 1.165) is 11.6 Å². The molecule has 3 rings (SSSR count). The first-order valence-corrected chi connectivity index (χ1v) is 18.9. The number of aliphatic imine (C=N–C) groups is 1. The van der Waals surface area contributed by atoms with Gasteiger partial charge in [-0.2, -0.15) is 0 Å². The van der Waals surface area contributed by atoms with E-state index in [9.17, 15) is 38.3 Å². The van der Waals surface area contributed by atoms with Crippen LogP contribution in [-0.2, 0) is 48.0 Å². The number of guanidine groups is 1. The van der Waals surface area contributed by atoms with Crippen LogP contribution in [0.4, 0.5) is 4.39 Å². The number of halogens is 1. The molecule has 0 radical (unpaired) electrons. The number of hydrogen-bond acceptors (Lipinski definition) is 9. The maximum atomic E-state index is 14.9. The number of hydrogen-bond donors (Lipinski definition) is 10. The number of amides is 6. The van der Waals surface area contributed by atoms with E-state index in [1.807, 2.05) is 0 Å². The summed E-state index contributed by atoms with van der Waals surface area (Å²) in [5.41, 5.74) is 23.8. The zero-order valence-electron chi connectivity index (χ0n) is 32.5. The molecular weight excluding hydrogens is 764 g/mol. The maximum absolute atomic E-state index is 14.9. The average Bonchev–Trinajstić information content (AvgIpc) is 3.22. The van der Waals surface area contributed by atoms with Gasteiger partial charge in [0.1, 0.15) is 30.0 Å². The lowest BCUT2D eigenvalue weighted by atomic mass is 9.97. The van der Waals surface area contributed by atoms with Gasteiger partial charge in [0, 0.05) is 19.4 Å². The predicted octanol–water partition coefficient (Wildman–Crippen LogP) is -1.27. The van der Waals surface area contributed by atoms with Gasteiger partial charge in [-0.15, -0.1) is 0 Å². The number of aliphatic hydroxyl groups excluding tert-OH is 1. The van der Waals surface area contributed by atoms with Crippen LogP contribution in [0, 0.1) is 5.92 Å². The lowest BCUT2D eigenvalue weighted by Gasteiger charge is -2.26. The highest BCUT2D eigenvalue weighted by atomic mass is 19.1. The second kappa shape index (κ2) is 24.9. The van der Waals surface area contributed by atoms with Gasteiger partial charge in [0.25, 0.3) is 0 Å². The summed E-state index contributed by atoms with van der Waals surface area (Å²) < 4.78 is 14.9. The highest BCUT2D eigenvalue weighted by Gasteiger charge is 2.32. The van der Waals surface area contributed by atoms with Crippen LogP contribution < -0.4 is 49.5 Å². The van der Waals surface area contributed by atoms with E-state index >= 15 is 0 Å². The zero-order valence-corrected chi connectivity index (χ0v) is 32.5. The Hall–Kier alpha value is -6.66. The zero-order chi connectivity index (χ0) is 43.2. The van der Waals surface area contributed by atoms with Crippen molar-refractivity contribution in [2.24, 2.45) is 33.8 Å². The Bertz CT molecular complexity index is 1900. The van der Waals surface area contributed by atoms with Crippen LogP contribution in [0.5, 0.6) is 0 Å². The highest BCUT2D eigenvalue weighted by Crippen LogP contribution is 2.15. The van der Waals surface area contributed by atoms with Gasteiger partial charge in [0.2, 0.25) is 35.4 Å². The molecule has 0 spiro atoms. The van der Waals surface area contributed by atoms with E-state index in [0.29, 0.717) is 11.1 Å². The number of carbonyl (C=O) groups is 6. The third-order valence-electron chi connectivity index (χ3n) is 8.91. The van der Waals surface area contributed by atoms with Gasteiger partial charge in [-0.1, -0.05) is 91.0 Å². The van der Waals surface area contributed by atoms with Crippen molar-refractivity contribution in [3.8, 4) is 0 Å². The molecule has 0 heterocycles. The molecule has 14 N–H and O–H groups in total. The summed E-state index contributed by atoms with van der Waals surface area (Å²) in [6.45, 7) is -1.69. The first kappa shape index (κ1) is 46.7. The molecule has 0 unspecified atom stereocenters. The Balaban J connectivity index is 1.85. The minimum absolute atomic E-state index is 0.00166. The number of benzene rings is 3. The molecular formula is C41H53FN10O7. The van der Waals surface area contributed by atoms with Crippen molar-refractivity contribution in [1.29, 1.82) is 0 Å². The number of rotatable bonds is 24. The average molecular weight is 817 g/mol. The van der Waals surface area contributed by atoms with Gasteiger partial charge in [-0.05, 0) is 42.0 Å². The van der Waals surface area contributed by atoms with Crippen LogP contribution in [0.2, 0.25) is 0 Å². The minimum atomic E-state index is -1.60. The number of primary amides is 1. The number of nitrogens with two attached hydrogens (primary N) is 4. The van der Waals surface area contributed by atoms with E-state index in [1.165, 1.54) is 0 Å². The molecule has 0 aliphatic heterocycles. The first-order chi connectivity index (χ1) is 28.3. The summed E-state index contributed by atoms with van der Waals surface area (Å²) in [6, 6.07) is 20.8. The second-order valence-electron chi connectivity index (χ2n) is 13.5. The lowest BCUT2D eigenvalue weighted by molar-refractivity contribution is -0.135. The highest BCUT2D eigenvalue weighted by molar-refractivity contribution is 5.96. The number of nitrogens with zero attached hydrogens (tertiary/aromatic N) is 1. The van der Waals surface area contributed by atoms with Crippen LogP contribution in [0.1, 0.15) is 29.5 Å². The van der Waals surface area contributed by atoms with Crippen molar-refractivity contribution in [2.75, 3.05) is 26.2 Å².